The number of aromatic nitrogens is 2. The van der Waals surface area contributed by atoms with Crippen molar-refractivity contribution >= 4 is 5.91 Å². The zero-order valence-corrected chi connectivity index (χ0v) is 15.8. The monoisotopic (exact) mass is 343 g/mol. The third kappa shape index (κ3) is 3.63. The molecule has 4 heteroatoms. The van der Waals surface area contributed by atoms with E-state index in [1.807, 2.05) is 12.4 Å². The van der Waals surface area contributed by atoms with Crippen molar-refractivity contribution in [2.45, 2.75) is 84.2 Å². The molecule has 1 N–H and O–H groups in total. The summed E-state index contributed by atoms with van der Waals surface area (Å²) in [5, 5.41) is 3.28. The summed E-state index contributed by atoms with van der Waals surface area (Å²) in [6.07, 6.45) is 15.2. The Morgan fingerprint density at radius 2 is 1.92 bits per heavy atom. The number of carbonyl (C=O) groups is 1. The van der Waals surface area contributed by atoms with E-state index < -0.39 is 0 Å². The van der Waals surface area contributed by atoms with E-state index in [4.69, 9.17) is 0 Å². The van der Waals surface area contributed by atoms with Crippen LogP contribution in [0.25, 0.3) is 0 Å². The van der Waals surface area contributed by atoms with E-state index in [2.05, 4.69) is 28.7 Å². The average molecular weight is 344 g/mol. The second-order valence-electron chi connectivity index (χ2n) is 9.23. The van der Waals surface area contributed by atoms with Crippen LogP contribution in [-0.2, 0) is 17.8 Å². The molecule has 0 aliphatic heterocycles. The summed E-state index contributed by atoms with van der Waals surface area (Å²) in [5.41, 5.74) is 0.543. The maximum atomic E-state index is 12.4. The molecule has 4 aliphatic rings. The second-order valence-corrected chi connectivity index (χ2v) is 9.23. The zero-order valence-electron chi connectivity index (χ0n) is 15.8. The molecule has 1 heterocycles. The van der Waals surface area contributed by atoms with Crippen LogP contribution in [0.5, 0.6) is 0 Å². The number of amides is 1. The van der Waals surface area contributed by atoms with Gasteiger partial charge in [0, 0.05) is 37.8 Å². The van der Waals surface area contributed by atoms with Gasteiger partial charge in [0.25, 0.3) is 0 Å². The van der Waals surface area contributed by atoms with Gasteiger partial charge in [0.15, 0.2) is 0 Å². The van der Waals surface area contributed by atoms with Crippen molar-refractivity contribution in [1.29, 1.82) is 0 Å². The lowest BCUT2D eigenvalue weighted by atomic mass is 9.48. The van der Waals surface area contributed by atoms with Crippen LogP contribution in [0.2, 0.25) is 0 Å². The highest BCUT2D eigenvalue weighted by Crippen LogP contribution is 2.61. The predicted octanol–water partition coefficient (Wildman–Crippen LogP) is 3.95. The Labute approximate surface area is 151 Å². The third-order valence-corrected chi connectivity index (χ3v) is 7.01. The zero-order chi connectivity index (χ0) is 17.4. The first-order chi connectivity index (χ1) is 12.0. The molecule has 5 rings (SSSR count). The number of hydrogen-bond acceptors (Lipinski definition) is 2. The van der Waals surface area contributed by atoms with E-state index in [1.54, 1.807) is 0 Å². The Kier molecular flexibility index (Phi) is 4.63. The first-order valence-electron chi connectivity index (χ1n) is 10.3. The van der Waals surface area contributed by atoms with Gasteiger partial charge in [-0.05, 0) is 75.0 Å². The van der Waals surface area contributed by atoms with Gasteiger partial charge in [0.2, 0.25) is 5.91 Å². The van der Waals surface area contributed by atoms with E-state index in [9.17, 15) is 4.79 Å². The van der Waals surface area contributed by atoms with Crippen LogP contribution < -0.4 is 5.32 Å². The van der Waals surface area contributed by atoms with Gasteiger partial charge in [-0.15, -0.1) is 0 Å². The van der Waals surface area contributed by atoms with E-state index in [1.165, 1.54) is 44.9 Å². The van der Waals surface area contributed by atoms with Gasteiger partial charge in [0.05, 0.1) is 0 Å². The number of nitrogens with zero attached hydrogens (tertiary/aromatic N) is 2. The maximum Gasteiger partial charge on any atom is 0.221 e. The van der Waals surface area contributed by atoms with Gasteiger partial charge in [0.1, 0.15) is 5.82 Å². The Hall–Kier alpha value is -1.32. The first-order valence-corrected chi connectivity index (χ1v) is 10.3. The molecule has 1 aromatic rings. The van der Waals surface area contributed by atoms with E-state index in [0.717, 1.165) is 36.5 Å². The molecule has 4 aliphatic carbocycles. The minimum atomic E-state index is 0.188. The number of imidazole rings is 1. The number of rotatable bonds is 7. The van der Waals surface area contributed by atoms with Gasteiger partial charge in [-0.2, -0.15) is 0 Å². The Bertz CT molecular complexity index is 585. The molecule has 1 amide bonds. The van der Waals surface area contributed by atoms with Gasteiger partial charge < -0.3 is 9.88 Å². The van der Waals surface area contributed by atoms with Gasteiger partial charge in [-0.3, -0.25) is 4.79 Å². The molecule has 138 valence electrons. The number of aryl methyl sites for hydroxylation is 2. The molecular weight excluding hydrogens is 310 g/mol. The highest BCUT2D eigenvalue weighted by atomic mass is 16.1. The minimum Gasteiger partial charge on any atom is -0.354 e. The molecule has 0 spiro atoms. The molecule has 4 bridgehead atoms. The van der Waals surface area contributed by atoms with Crippen LogP contribution in [0.1, 0.15) is 71.0 Å². The summed E-state index contributed by atoms with van der Waals surface area (Å²) < 4.78 is 2.10. The second kappa shape index (κ2) is 6.77. The van der Waals surface area contributed by atoms with Crippen molar-refractivity contribution in [3.05, 3.63) is 18.2 Å². The molecule has 1 atom stereocenters. The highest BCUT2D eigenvalue weighted by Gasteiger charge is 2.50. The molecule has 4 saturated carbocycles. The number of nitrogens with one attached hydrogen (secondary N) is 1. The van der Waals surface area contributed by atoms with Gasteiger partial charge in [-0.1, -0.05) is 6.92 Å². The van der Waals surface area contributed by atoms with Crippen molar-refractivity contribution in [2.75, 3.05) is 0 Å². The fourth-order valence-corrected chi connectivity index (χ4v) is 6.67. The summed E-state index contributed by atoms with van der Waals surface area (Å²) in [4.78, 5) is 16.7. The summed E-state index contributed by atoms with van der Waals surface area (Å²) in [6, 6.07) is 0.303. The molecule has 1 aromatic heterocycles. The summed E-state index contributed by atoms with van der Waals surface area (Å²) in [6.45, 7) is 5.05. The molecule has 0 aromatic carbocycles. The first kappa shape index (κ1) is 17.1. The number of carbonyl (C=O) groups excluding carboxylic acids is 1. The molecular formula is C21H33N3O. The van der Waals surface area contributed by atoms with E-state index in [0.29, 0.717) is 17.9 Å². The van der Waals surface area contributed by atoms with Crippen molar-refractivity contribution in [3.8, 4) is 0 Å². The van der Waals surface area contributed by atoms with Crippen molar-refractivity contribution in [3.63, 3.8) is 0 Å². The van der Waals surface area contributed by atoms with Crippen LogP contribution in [0, 0.1) is 23.2 Å². The van der Waals surface area contributed by atoms with Gasteiger partial charge in [-0.25, -0.2) is 4.98 Å². The Morgan fingerprint density at radius 3 is 2.52 bits per heavy atom. The molecule has 0 unspecified atom stereocenters. The quantitative estimate of drug-likeness (QED) is 0.815. The predicted molar refractivity (Wildman–Crippen MR) is 99.0 cm³/mol. The van der Waals surface area contributed by atoms with Crippen LogP contribution in [0.3, 0.4) is 0 Å². The van der Waals surface area contributed by atoms with E-state index in [-0.39, 0.29) is 5.91 Å². The topological polar surface area (TPSA) is 46.9 Å². The minimum absolute atomic E-state index is 0.188. The van der Waals surface area contributed by atoms with Gasteiger partial charge >= 0.3 is 0 Å². The molecule has 0 radical (unpaired) electrons. The lowest BCUT2D eigenvalue weighted by Gasteiger charge is -2.57. The number of hydrogen-bond donors (Lipinski definition) is 1. The van der Waals surface area contributed by atoms with E-state index >= 15 is 0 Å². The van der Waals surface area contributed by atoms with Crippen LogP contribution in [0.15, 0.2) is 12.4 Å². The maximum absolute atomic E-state index is 12.4. The smallest absolute Gasteiger partial charge is 0.221 e. The van der Waals surface area contributed by atoms with Crippen LogP contribution in [0.4, 0.5) is 0 Å². The standard InChI is InChI=1S/C21H33N3O/c1-3-19-22-5-7-24(19)6-4-20(25)23-15(2)11-21-12-16-8-17(13-21)10-18(9-16)14-21/h5,7,15-18H,3-4,6,8-14H2,1-2H3,(H,23,25)/t15-,16?,17?,18?,21?/m0/s1. The fraction of sp³-hybridized carbons (Fsp3) is 0.810. The molecule has 0 saturated heterocycles. The van der Waals surface area contributed by atoms with Crippen molar-refractivity contribution < 1.29 is 4.79 Å². The summed E-state index contributed by atoms with van der Waals surface area (Å²) >= 11 is 0. The Morgan fingerprint density at radius 1 is 1.28 bits per heavy atom. The lowest BCUT2D eigenvalue weighted by molar-refractivity contribution is -0.122. The normalized spacial score (nSPS) is 34.2. The van der Waals surface area contributed by atoms with Crippen LogP contribution >= 0.6 is 0 Å². The molecule has 25 heavy (non-hydrogen) atoms. The summed E-state index contributed by atoms with van der Waals surface area (Å²) in [7, 11) is 0. The third-order valence-electron chi connectivity index (χ3n) is 7.01. The Balaban J connectivity index is 1.27. The highest BCUT2D eigenvalue weighted by molar-refractivity contribution is 5.76. The van der Waals surface area contributed by atoms with Crippen LogP contribution in [-0.4, -0.2) is 21.5 Å². The van der Waals surface area contributed by atoms with Crippen molar-refractivity contribution in [1.82, 2.24) is 14.9 Å². The lowest BCUT2D eigenvalue weighted by Crippen LogP contribution is -2.49. The summed E-state index contributed by atoms with van der Waals surface area (Å²) in [5.74, 6) is 4.22. The fourth-order valence-electron chi connectivity index (χ4n) is 6.67. The SMILES string of the molecule is CCc1nccn1CCC(=O)N[C@@H](C)CC12CC3CC(CC(C3)C1)C2. The molecule has 4 nitrogen and oxygen atoms in total. The molecule has 4 fully saturated rings. The largest absolute Gasteiger partial charge is 0.354 e. The van der Waals surface area contributed by atoms with Crippen molar-refractivity contribution in [2.24, 2.45) is 23.2 Å². The average Bonchev–Trinajstić information content (AvgIpc) is 2.98.